The molecule has 0 fully saturated rings. The van der Waals surface area contributed by atoms with Gasteiger partial charge < -0.3 is 9.47 Å². The van der Waals surface area contributed by atoms with E-state index >= 15 is 0 Å². The van der Waals surface area contributed by atoms with Gasteiger partial charge in [-0.25, -0.2) is 0 Å². The van der Waals surface area contributed by atoms with Gasteiger partial charge in [-0.15, -0.1) is 0 Å². The Balaban J connectivity index is 1.30. The summed E-state index contributed by atoms with van der Waals surface area (Å²) in [5.41, 5.74) is 3.88. The van der Waals surface area contributed by atoms with Gasteiger partial charge in [0.05, 0.1) is 24.6 Å². The monoisotopic (exact) mass is 596 g/mol. The molecular formula is C40H56N2O2. The first kappa shape index (κ1) is 35.1. The number of rotatable bonds is 24. The second-order valence-electron chi connectivity index (χ2n) is 11.8. The van der Waals surface area contributed by atoms with Gasteiger partial charge in [-0.3, -0.25) is 0 Å². The molecule has 1 aromatic heterocycles. The number of hydrogen-bond acceptors (Lipinski definition) is 4. The molecule has 1 heterocycles. The highest BCUT2D eigenvalue weighted by Gasteiger charge is 1.98. The van der Waals surface area contributed by atoms with Crippen LogP contribution in [0.25, 0.3) is 24.3 Å². The molecule has 4 nitrogen and oxygen atoms in total. The first-order valence-corrected chi connectivity index (χ1v) is 17.4. The normalized spacial score (nSPS) is 11.5. The molecule has 0 spiro atoms. The minimum atomic E-state index is 0.791. The van der Waals surface area contributed by atoms with Crippen LogP contribution in [-0.2, 0) is 0 Å². The third-order valence-electron chi connectivity index (χ3n) is 7.89. The van der Waals surface area contributed by atoms with Crippen LogP contribution in [0, 0.1) is 0 Å². The van der Waals surface area contributed by atoms with Crippen LogP contribution in [0.15, 0.2) is 60.7 Å². The number of benzene rings is 2. The predicted octanol–water partition coefficient (Wildman–Crippen LogP) is 11.9. The number of ether oxygens (including phenoxy) is 2. The summed E-state index contributed by atoms with van der Waals surface area (Å²) in [6.45, 7) is 6.11. The van der Waals surface area contributed by atoms with Gasteiger partial charge in [0.1, 0.15) is 11.5 Å². The summed E-state index contributed by atoms with van der Waals surface area (Å²) in [5, 5.41) is 8.73. The van der Waals surface area contributed by atoms with Crippen molar-refractivity contribution in [3.05, 3.63) is 83.2 Å². The van der Waals surface area contributed by atoms with Crippen molar-refractivity contribution < 1.29 is 9.47 Å². The third kappa shape index (κ3) is 15.9. The van der Waals surface area contributed by atoms with Gasteiger partial charge in [0, 0.05) is 0 Å². The van der Waals surface area contributed by atoms with Crippen LogP contribution in [0.2, 0.25) is 0 Å². The molecule has 238 valence electrons. The van der Waals surface area contributed by atoms with Crippen molar-refractivity contribution in [2.24, 2.45) is 0 Å². The SMILES string of the molecule is CCCCCCCCCCOc1ccc(/C=C/c2ccc(/C=C/c3ccc(OCCCCCCCCCC)cc3)nn2)cc1. The Hall–Kier alpha value is -3.40. The van der Waals surface area contributed by atoms with Crippen LogP contribution < -0.4 is 9.47 Å². The van der Waals surface area contributed by atoms with Crippen LogP contribution in [0.4, 0.5) is 0 Å². The van der Waals surface area contributed by atoms with E-state index in [1.54, 1.807) is 0 Å². The lowest BCUT2D eigenvalue weighted by Crippen LogP contribution is -1.97. The molecular weight excluding hydrogens is 540 g/mol. The molecule has 0 radical (unpaired) electrons. The Morgan fingerprint density at radius 1 is 0.409 bits per heavy atom. The summed E-state index contributed by atoms with van der Waals surface area (Å²) >= 11 is 0. The third-order valence-corrected chi connectivity index (χ3v) is 7.89. The van der Waals surface area contributed by atoms with Gasteiger partial charge in [-0.1, -0.05) is 140 Å². The molecule has 0 aliphatic heterocycles. The lowest BCUT2D eigenvalue weighted by atomic mass is 10.1. The highest BCUT2D eigenvalue weighted by molar-refractivity contribution is 5.70. The van der Waals surface area contributed by atoms with Crippen molar-refractivity contribution in [3.63, 3.8) is 0 Å². The van der Waals surface area contributed by atoms with E-state index in [9.17, 15) is 0 Å². The lowest BCUT2D eigenvalue weighted by Gasteiger charge is -2.06. The van der Waals surface area contributed by atoms with E-state index in [2.05, 4.69) is 60.5 Å². The minimum absolute atomic E-state index is 0.791. The minimum Gasteiger partial charge on any atom is -0.494 e. The topological polar surface area (TPSA) is 44.2 Å². The van der Waals surface area contributed by atoms with E-state index in [1.165, 1.54) is 89.9 Å². The maximum Gasteiger partial charge on any atom is 0.119 e. The molecule has 0 bridgehead atoms. The van der Waals surface area contributed by atoms with Crippen LogP contribution >= 0.6 is 0 Å². The summed E-state index contributed by atoms with van der Waals surface area (Å²) in [7, 11) is 0. The van der Waals surface area contributed by atoms with E-state index < -0.39 is 0 Å². The second-order valence-corrected chi connectivity index (χ2v) is 11.8. The van der Waals surface area contributed by atoms with Gasteiger partial charge in [-0.2, -0.15) is 10.2 Å². The highest BCUT2D eigenvalue weighted by Crippen LogP contribution is 2.17. The summed E-state index contributed by atoms with van der Waals surface area (Å²) in [4.78, 5) is 0. The van der Waals surface area contributed by atoms with Gasteiger partial charge >= 0.3 is 0 Å². The number of nitrogens with zero attached hydrogens (tertiary/aromatic N) is 2. The molecule has 2 aromatic carbocycles. The van der Waals surface area contributed by atoms with E-state index in [0.29, 0.717) is 0 Å². The number of unbranched alkanes of at least 4 members (excludes halogenated alkanes) is 14. The highest BCUT2D eigenvalue weighted by atomic mass is 16.5. The predicted molar refractivity (Wildman–Crippen MR) is 189 cm³/mol. The zero-order valence-corrected chi connectivity index (χ0v) is 27.5. The molecule has 3 rings (SSSR count). The summed E-state index contributed by atoms with van der Waals surface area (Å²) in [6.07, 6.45) is 29.1. The van der Waals surface area contributed by atoms with E-state index in [-0.39, 0.29) is 0 Å². The Morgan fingerprint density at radius 3 is 1.09 bits per heavy atom. The van der Waals surface area contributed by atoms with Gasteiger partial charge in [0.15, 0.2) is 0 Å². The van der Waals surface area contributed by atoms with Crippen LogP contribution in [0.3, 0.4) is 0 Å². The van der Waals surface area contributed by atoms with Crippen LogP contribution in [0.1, 0.15) is 139 Å². The average Bonchev–Trinajstić information content (AvgIpc) is 3.06. The molecule has 44 heavy (non-hydrogen) atoms. The van der Waals surface area contributed by atoms with Crippen molar-refractivity contribution >= 4 is 24.3 Å². The van der Waals surface area contributed by atoms with Gasteiger partial charge in [0.2, 0.25) is 0 Å². The van der Waals surface area contributed by atoms with Crippen molar-refractivity contribution in [1.82, 2.24) is 10.2 Å². The first-order valence-electron chi connectivity index (χ1n) is 17.4. The summed E-state index contributed by atoms with van der Waals surface area (Å²) in [6, 6.07) is 20.5. The quantitative estimate of drug-likeness (QED) is 0.0965. The molecule has 0 atom stereocenters. The Labute approximate surface area is 268 Å². The maximum atomic E-state index is 5.92. The van der Waals surface area contributed by atoms with Gasteiger partial charge in [0.25, 0.3) is 0 Å². The Morgan fingerprint density at radius 2 is 0.750 bits per heavy atom. The molecule has 0 saturated heterocycles. The molecule has 0 amide bonds. The van der Waals surface area contributed by atoms with Crippen molar-refractivity contribution in [1.29, 1.82) is 0 Å². The van der Waals surface area contributed by atoms with Crippen molar-refractivity contribution in [3.8, 4) is 11.5 Å². The molecule has 0 aliphatic rings. The van der Waals surface area contributed by atoms with Crippen molar-refractivity contribution in [2.75, 3.05) is 13.2 Å². The average molecular weight is 597 g/mol. The zero-order valence-electron chi connectivity index (χ0n) is 27.5. The zero-order chi connectivity index (χ0) is 30.9. The smallest absolute Gasteiger partial charge is 0.119 e. The summed E-state index contributed by atoms with van der Waals surface area (Å²) < 4.78 is 11.8. The first-order chi connectivity index (χ1) is 21.8. The molecule has 0 unspecified atom stereocenters. The fourth-order valence-corrected chi connectivity index (χ4v) is 5.10. The maximum absolute atomic E-state index is 5.92. The molecule has 4 heteroatoms. The van der Waals surface area contributed by atoms with E-state index in [4.69, 9.17) is 9.47 Å². The number of aromatic nitrogens is 2. The largest absolute Gasteiger partial charge is 0.494 e. The standard InChI is InChI=1S/C40H56N2O2/c1-3-5-7-9-11-13-15-17-33-43-39-29-21-35(22-30-39)19-25-37-27-28-38(42-41-37)26-20-36-23-31-40(32-24-36)44-34-18-16-14-12-10-8-6-4-2/h19-32H,3-18,33-34H2,1-2H3/b25-19+,26-20+. The fraction of sp³-hybridized carbons (Fsp3) is 0.500. The van der Waals surface area contributed by atoms with Gasteiger partial charge in [-0.05, 0) is 72.5 Å². The fourth-order valence-electron chi connectivity index (χ4n) is 5.10. The Kier molecular flexibility index (Phi) is 18.4. The van der Waals surface area contributed by atoms with E-state index in [0.717, 1.165) is 60.1 Å². The molecule has 0 saturated carbocycles. The van der Waals surface area contributed by atoms with Crippen LogP contribution in [-0.4, -0.2) is 23.4 Å². The molecule has 0 N–H and O–H groups in total. The second kappa shape index (κ2) is 23.0. The Bertz CT molecular complexity index is 1070. The van der Waals surface area contributed by atoms with Crippen LogP contribution in [0.5, 0.6) is 11.5 Å². The molecule has 0 aliphatic carbocycles. The lowest BCUT2D eigenvalue weighted by molar-refractivity contribution is 0.304. The number of hydrogen-bond donors (Lipinski definition) is 0. The molecule has 3 aromatic rings. The van der Waals surface area contributed by atoms with Crippen molar-refractivity contribution in [2.45, 2.75) is 117 Å². The van der Waals surface area contributed by atoms with E-state index in [1.807, 2.05) is 48.6 Å². The summed E-state index contributed by atoms with van der Waals surface area (Å²) in [5.74, 6) is 1.86.